The number of H-pyrrole nitrogens is 1. The molecule has 2 heterocycles. The lowest BCUT2D eigenvalue weighted by Crippen LogP contribution is -2.29. The third-order valence-electron chi connectivity index (χ3n) is 5.41. The summed E-state index contributed by atoms with van der Waals surface area (Å²) in [5, 5.41) is 10.7. The molecule has 4 rings (SSSR count). The van der Waals surface area contributed by atoms with Crippen molar-refractivity contribution in [3.05, 3.63) is 71.7 Å². The number of imidazole rings is 1. The highest BCUT2D eigenvalue weighted by Gasteiger charge is 2.16. The highest BCUT2D eigenvalue weighted by molar-refractivity contribution is 5.59. The van der Waals surface area contributed by atoms with Gasteiger partial charge in [-0.15, -0.1) is 0 Å². The Morgan fingerprint density at radius 3 is 2.43 bits per heavy atom. The second kappa shape index (κ2) is 8.59. The van der Waals surface area contributed by atoms with Crippen molar-refractivity contribution in [1.29, 1.82) is 0 Å². The maximum atomic E-state index is 10.7. The van der Waals surface area contributed by atoms with Crippen LogP contribution in [0.1, 0.15) is 42.3 Å². The molecule has 0 aliphatic carbocycles. The molecule has 1 aliphatic heterocycles. The van der Waals surface area contributed by atoms with Crippen LogP contribution in [-0.2, 0) is 6.54 Å². The van der Waals surface area contributed by atoms with Crippen LogP contribution >= 0.6 is 0 Å². The number of nitrogens with one attached hydrogen (secondary N) is 1. The maximum Gasteiger partial charge on any atom is 0.140 e. The Hall–Kier alpha value is -2.63. The van der Waals surface area contributed by atoms with Crippen LogP contribution < -0.4 is 4.74 Å². The zero-order chi connectivity index (χ0) is 19.3. The summed E-state index contributed by atoms with van der Waals surface area (Å²) in [6.07, 6.45) is 4.93. The quantitative estimate of drug-likeness (QED) is 0.677. The Kier molecular flexibility index (Phi) is 5.74. The van der Waals surface area contributed by atoms with Crippen molar-refractivity contribution >= 4 is 0 Å². The van der Waals surface area contributed by atoms with E-state index in [0.29, 0.717) is 5.82 Å². The number of hydrogen-bond donors (Lipinski definition) is 2. The number of benzene rings is 2. The lowest BCUT2D eigenvalue weighted by molar-refractivity contribution is 0.210. The Morgan fingerprint density at radius 1 is 1.04 bits per heavy atom. The Balaban J connectivity index is 1.43. The van der Waals surface area contributed by atoms with Gasteiger partial charge in [0.25, 0.3) is 0 Å². The third-order valence-corrected chi connectivity index (χ3v) is 5.41. The normalized spacial score (nSPS) is 16.1. The fourth-order valence-corrected chi connectivity index (χ4v) is 3.73. The summed E-state index contributed by atoms with van der Waals surface area (Å²) in [6.45, 7) is 3.36. The topological polar surface area (TPSA) is 61.4 Å². The van der Waals surface area contributed by atoms with Crippen LogP contribution in [0.3, 0.4) is 0 Å². The van der Waals surface area contributed by atoms with Crippen LogP contribution in [0.2, 0.25) is 0 Å². The minimum atomic E-state index is -0.768. The number of aromatic nitrogens is 2. The van der Waals surface area contributed by atoms with Gasteiger partial charge < -0.3 is 14.8 Å². The molecule has 1 saturated heterocycles. The van der Waals surface area contributed by atoms with Gasteiger partial charge in [-0.2, -0.15) is 0 Å². The van der Waals surface area contributed by atoms with E-state index in [1.54, 1.807) is 13.3 Å². The maximum absolute atomic E-state index is 10.7. The SMILES string of the molecule is COc1ccc(-c2cnc(C(O)c3ccc(CN4CCCCC4)cc3)[nH]2)cc1. The fourth-order valence-electron chi connectivity index (χ4n) is 3.73. The third kappa shape index (κ3) is 4.26. The van der Waals surface area contributed by atoms with Crippen LogP contribution in [0.5, 0.6) is 5.75 Å². The predicted octanol–water partition coefficient (Wildman–Crippen LogP) is 4.15. The number of nitrogens with zero attached hydrogens (tertiary/aromatic N) is 2. The molecule has 3 aromatic rings. The summed E-state index contributed by atoms with van der Waals surface area (Å²) in [7, 11) is 1.65. The van der Waals surface area contributed by atoms with Crippen LogP contribution in [0.15, 0.2) is 54.7 Å². The molecule has 28 heavy (non-hydrogen) atoms. The number of likely N-dealkylation sites (tertiary alicyclic amines) is 1. The van der Waals surface area contributed by atoms with Gasteiger partial charge in [0.2, 0.25) is 0 Å². The van der Waals surface area contributed by atoms with Gasteiger partial charge in [0, 0.05) is 6.54 Å². The molecule has 1 aliphatic rings. The molecule has 2 aromatic carbocycles. The average Bonchev–Trinajstić information content (AvgIpc) is 3.25. The molecule has 0 spiro atoms. The number of methoxy groups -OCH3 is 1. The van der Waals surface area contributed by atoms with E-state index < -0.39 is 6.10 Å². The van der Waals surface area contributed by atoms with E-state index in [0.717, 1.165) is 29.1 Å². The van der Waals surface area contributed by atoms with E-state index in [1.807, 2.05) is 36.4 Å². The van der Waals surface area contributed by atoms with Gasteiger partial charge in [0.15, 0.2) is 0 Å². The van der Waals surface area contributed by atoms with Gasteiger partial charge in [-0.25, -0.2) is 4.98 Å². The van der Waals surface area contributed by atoms with Crippen molar-refractivity contribution in [2.45, 2.75) is 31.9 Å². The molecule has 0 saturated carbocycles. The molecule has 1 aromatic heterocycles. The van der Waals surface area contributed by atoms with Crippen molar-refractivity contribution in [2.75, 3.05) is 20.2 Å². The molecule has 0 bridgehead atoms. The lowest BCUT2D eigenvalue weighted by atomic mass is 10.1. The molecule has 5 heteroatoms. The van der Waals surface area contributed by atoms with Gasteiger partial charge in [0.05, 0.1) is 19.0 Å². The standard InChI is InChI=1S/C23H27N3O2/c1-28-20-11-9-18(10-12-20)21-15-24-23(25-21)22(27)19-7-5-17(6-8-19)16-26-13-3-2-4-14-26/h5-12,15,22,27H,2-4,13-14,16H2,1H3,(H,24,25). The first-order valence-electron chi connectivity index (χ1n) is 9.91. The zero-order valence-electron chi connectivity index (χ0n) is 16.3. The molecule has 5 nitrogen and oxygen atoms in total. The Labute approximate surface area is 166 Å². The highest BCUT2D eigenvalue weighted by atomic mass is 16.5. The van der Waals surface area contributed by atoms with Crippen molar-refractivity contribution in [2.24, 2.45) is 0 Å². The van der Waals surface area contributed by atoms with Crippen molar-refractivity contribution in [1.82, 2.24) is 14.9 Å². The van der Waals surface area contributed by atoms with Gasteiger partial charge in [0.1, 0.15) is 17.7 Å². The predicted molar refractivity (Wildman–Crippen MR) is 110 cm³/mol. The van der Waals surface area contributed by atoms with Crippen molar-refractivity contribution in [3.63, 3.8) is 0 Å². The molecule has 1 fully saturated rings. The summed E-state index contributed by atoms with van der Waals surface area (Å²) >= 11 is 0. The van der Waals surface area contributed by atoms with E-state index >= 15 is 0 Å². The molecule has 146 valence electrons. The summed E-state index contributed by atoms with van der Waals surface area (Å²) in [6, 6.07) is 16.0. The minimum absolute atomic E-state index is 0.551. The van der Waals surface area contributed by atoms with Gasteiger partial charge in [-0.1, -0.05) is 30.7 Å². The Bertz CT molecular complexity index is 881. The monoisotopic (exact) mass is 377 g/mol. The lowest BCUT2D eigenvalue weighted by Gasteiger charge is -2.26. The minimum Gasteiger partial charge on any atom is -0.497 e. The number of aromatic amines is 1. The van der Waals surface area contributed by atoms with E-state index in [-0.39, 0.29) is 0 Å². The van der Waals surface area contributed by atoms with E-state index in [9.17, 15) is 5.11 Å². The summed E-state index contributed by atoms with van der Waals surface area (Å²) in [5.74, 6) is 1.36. The number of rotatable bonds is 6. The van der Waals surface area contributed by atoms with Gasteiger partial charge in [-0.3, -0.25) is 4.90 Å². The number of ether oxygens (including phenoxy) is 1. The van der Waals surface area contributed by atoms with Gasteiger partial charge in [-0.05, 0) is 66.9 Å². The largest absolute Gasteiger partial charge is 0.497 e. The van der Waals surface area contributed by atoms with Crippen LogP contribution in [0.4, 0.5) is 0 Å². The molecule has 0 radical (unpaired) electrons. The van der Waals surface area contributed by atoms with E-state index in [4.69, 9.17) is 4.74 Å². The van der Waals surface area contributed by atoms with Crippen LogP contribution in [0.25, 0.3) is 11.3 Å². The fraction of sp³-hybridized carbons (Fsp3) is 0.348. The van der Waals surface area contributed by atoms with Gasteiger partial charge >= 0.3 is 0 Å². The average molecular weight is 377 g/mol. The van der Waals surface area contributed by atoms with Crippen LogP contribution in [-0.4, -0.2) is 40.2 Å². The zero-order valence-corrected chi connectivity index (χ0v) is 16.3. The first-order chi connectivity index (χ1) is 13.7. The number of aliphatic hydroxyl groups is 1. The molecular weight excluding hydrogens is 350 g/mol. The number of aliphatic hydroxyl groups excluding tert-OH is 1. The molecule has 1 unspecified atom stereocenters. The van der Waals surface area contributed by atoms with E-state index in [2.05, 4.69) is 27.0 Å². The second-order valence-electron chi connectivity index (χ2n) is 7.39. The van der Waals surface area contributed by atoms with Crippen molar-refractivity contribution < 1.29 is 9.84 Å². The highest BCUT2D eigenvalue weighted by Crippen LogP contribution is 2.25. The van der Waals surface area contributed by atoms with E-state index in [1.165, 1.54) is 37.9 Å². The van der Waals surface area contributed by atoms with Crippen LogP contribution in [0, 0.1) is 0 Å². The number of piperidine rings is 1. The summed E-state index contributed by atoms with van der Waals surface area (Å²) in [4.78, 5) is 10.1. The molecule has 2 N–H and O–H groups in total. The number of hydrogen-bond acceptors (Lipinski definition) is 4. The molecule has 1 atom stereocenters. The molecule has 0 amide bonds. The second-order valence-corrected chi connectivity index (χ2v) is 7.39. The summed E-state index contributed by atoms with van der Waals surface area (Å²) < 4.78 is 5.19. The first-order valence-corrected chi connectivity index (χ1v) is 9.91. The smallest absolute Gasteiger partial charge is 0.140 e. The Morgan fingerprint density at radius 2 is 1.75 bits per heavy atom. The van der Waals surface area contributed by atoms with Crippen molar-refractivity contribution in [3.8, 4) is 17.0 Å². The first kappa shape index (κ1) is 18.7. The summed E-state index contributed by atoms with van der Waals surface area (Å²) in [5.41, 5.74) is 4.01. The molecular formula is C23H27N3O2.